The molecule has 200 valence electrons. The maximum absolute atomic E-state index is 14.1. The van der Waals surface area contributed by atoms with E-state index in [1.165, 1.54) is 16.1 Å². The molecule has 3 aromatic carbocycles. The molecule has 1 aliphatic heterocycles. The Hall–Kier alpha value is -3.89. The largest absolute Gasteiger partial charge is 0.416 e. The zero-order valence-corrected chi connectivity index (χ0v) is 21.7. The zero-order valence-electron chi connectivity index (χ0n) is 20.8. The van der Waals surface area contributed by atoms with Crippen molar-refractivity contribution in [2.24, 2.45) is 0 Å². The molecule has 0 spiro atoms. The quantitative estimate of drug-likeness (QED) is 0.278. The fourth-order valence-corrected chi connectivity index (χ4v) is 6.94. The van der Waals surface area contributed by atoms with Crippen LogP contribution in [0.1, 0.15) is 11.3 Å². The number of aromatic nitrogens is 2. The molecule has 0 unspecified atom stereocenters. The molecule has 6 rings (SSSR count). The van der Waals surface area contributed by atoms with Gasteiger partial charge >= 0.3 is 6.18 Å². The first-order valence-corrected chi connectivity index (χ1v) is 14.0. The van der Waals surface area contributed by atoms with E-state index in [4.69, 9.17) is 0 Å². The molecule has 1 fully saturated rings. The van der Waals surface area contributed by atoms with Gasteiger partial charge in [0.15, 0.2) is 0 Å². The van der Waals surface area contributed by atoms with E-state index in [9.17, 15) is 21.6 Å². The van der Waals surface area contributed by atoms with E-state index in [2.05, 4.69) is 9.88 Å². The number of alkyl halides is 3. The molecule has 2 aromatic heterocycles. The van der Waals surface area contributed by atoms with Gasteiger partial charge in [0.2, 0.25) is 0 Å². The van der Waals surface area contributed by atoms with Crippen LogP contribution in [0.3, 0.4) is 0 Å². The predicted molar refractivity (Wildman–Crippen MR) is 145 cm³/mol. The molecule has 1 saturated heterocycles. The fraction of sp³-hybridized carbons (Fsp3) is 0.207. The van der Waals surface area contributed by atoms with Gasteiger partial charge in [0.1, 0.15) is 4.90 Å². The van der Waals surface area contributed by atoms with Crippen molar-refractivity contribution in [1.82, 2.24) is 13.9 Å². The van der Waals surface area contributed by atoms with Crippen molar-refractivity contribution in [3.8, 4) is 0 Å². The Morgan fingerprint density at radius 2 is 1.51 bits per heavy atom. The van der Waals surface area contributed by atoms with Crippen molar-refractivity contribution in [3.05, 3.63) is 102 Å². The van der Waals surface area contributed by atoms with E-state index in [-0.39, 0.29) is 4.90 Å². The van der Waals surface area contributed by atoms with Crippen molar-refractivity contribution in [3.63, 3.8) is 0 Å². The second kappa shape index (κ2) is 9.69. The summed E-state index contributed by atoms with van der Waals surface area (Å²) in [6, 6.07) is 23.4. The molecule has 6 nitrogen and oxygen atoms in total. The Balaban J connectivity index is 1.30. The van der Waals surface area contributed by atoms with Gasteiger partial charge in [-0.1, -0.05) is 42.5 Å². The SMILES string of the molecule is O=S(=O)(c1cccc2cccnc12)n1c(CN2CCN(c3cccc(C(F)(F)F)c3)CC2)cc2ccccc21. The van der Waals surface area contributed by atoms with Crippen LogP contribution in [-0.4, -0.2) is 48.5 Å². The van der Waals surface area contributed by atoms with Gasteiger partial charge in [-0.2, -0.15) is 13.2 Å². The van der Waals surface area contributed by atoms with Crippen molar-refractivity contribution in [2.75, 3.05) is 31.1 Å². The lowest BCUT2D eigenvalue weighted by atomic mass is 10.1. The van der Waals surface area contributed by atoms with E-state index in [0.29, 0.717) is 55.1 Å². The van der Waals surface area contributed by atoms with Crippen LogP contribution >= 0.6 is 0 Å². The number of pyridine rings is 1. The maximum Gasteiger partial charge on any atom is 0.416 e. The van der Waals surface area contributed by atoms with E-state index in [1.807, 2.05) is 41.3 Å². The number of hydrogen-bond acceptors (Lipinski definition) is 5. The second-order valence-corrected chi connectivity index (χ2v) is 11.4. The maximum atomic E-state index is 14.1. The summed E-state index contributed by atoms with van der Waals surface area (Å²) in [6.45, 7) is 2.59. The highest BCUT2D eigenvalue weighted by Gasteiger charge is 2.31. The average molecular weight is 551 g/mol. The number of hydrogen-bond donors (Lipinski definition) is 0. The van der Waals surface area contributed by atoms with Crippen molar-refractivity contribution >= 4 is 37.5 Å². The third kappa shape index (κ3) is 4.74. The molecule has 5 aromatic rings. The number of fused-ring (bicyclic) bond motifs is 2. The molecule has 39 heavy (non-hydrogen) atoms. The van der Waals surface area contributed by atoms with Gasteiger partial charge in [0.05, 0.1) is 16.6 Å². The van der Waals surface area contributed by atoms with Gasteiger partial charge in [-0.25, -0.2) is 12.4 Å². The Bertz CT molecular complexity index is 1770. The Labute approximate surface area is 224 Å². The lowest BCUT2D eigenvalue weighted by Gasteiger charge is -2.36. The standard InChI is InChI=1S/C29H25F3N4O2S/c30-29(31,32)23-9-4-10-24(19-23)35-16-14-34(15-17-35)20-25-18-22-6-1-2-11-26(22)36(25)39(37,38)27-12-3-7-21-8-5-13-33-28(21)27/h1-13,18-19H,14-17,20H2. The minimum Gasteiger partial charge on any atom is -0.369 e. The second-order valence-electron chi connectivity index (χ2n) is 9.61. The summed E-state index contributed by atoms with van der Waals surface area (Å²) in [6.07, 6.45) is -2.81. The molecule has 0 radical (unpaired) electrons. The first kappa shape index (κ1) is 25.4. The summed E-state index contributed by atoms with van der Waals surface area (Å²) >= 11 is 0. The van der Waals surface area contributed by atoms with Crippen LogP contribution in [0.2, 0.25) is 0 Å². The van der Waals surface area contributed by atoms with Crippen molar-refractivity contribution in [2.45, 2.75) is 17.6 Å². The molecule has 0 saturated carbocycles. The third-order valence-electron chi connectivity index (χ3n) is 7.15. The van der Waals surface area contributed by atoms with Gasteiger partial charge in [-0.05, 0) is 42.5 Å². The van der Waals surface area contributed by atoms with Crippen molar-refractivity contribution < 1.29 is 21.6 Å². The molecule has 0 aliphatic carbocycles. The summed E-state index contributed by atoms with van der Waals surface area (Å²) in [4.78, 5) is 8.56. The Kier molecular flexibility index (Phi) is 6.31. The highest BCUT2D eigenvalue weighted by atomic mass is 32.2. The molecule has 3 heterocycles. The summed E-state index contributed by atoms with van der Waals surface area (Å²) in [7, 11) is -3.99. The zero-order chi connectivity index (χ0) is 27.2. The highest BCUT2D eigenvalue weighted by Crippen LogP contribution is 2.33. The Morgan fingerprint density at radius 1 is 0.795 bits per heavy atom. The first-order valence-electron chi connectivity index (χ1n) is 12.5. The molecule has 0 bridgehead atoms. The van der Waals surface area contributed by atoms with Crippen LogP contribution in [0, 0.1) is 0 Å². The van der Waals surface area contributed by atoms with Gasteiger partial charge in [0, 0.05) is 61.1 Å². The summed E-state index contributed by atoms with van der Waals surface area (Å²) < 4.78 is 69.3. The van der Waals surface area contributed by atoms with Crippen LogP contribution in [0.5, 0.6) is 0 Å². The fourth-order valence-electron chi connectivity index (χ4n) is 5.24. The van der Waals surface area contributed by atoms with Crippen LogP contribution in [0.15, 0.2) is 96.0 Å². The monoisotopic (exact) mass is 550 g/mol. The normalized spacial score (nSPS) is 15.3. The van der Waals surface area contributed by atoms with E-state index in [1.54, 1.807) is 36.5 Å². The number of anilines is 1. The minimum atomic E-state index is -4.39. The number of para-hydroxylation sites is 2. The number of nitrogens with zero attached hydrogens (tertiary/aromatic N) is 4. The van der Waals surface area contributed by atoms with Crippen LogP contribution in [-0.2, 0) is 22.7 Å². The van der Waals surface area contributed by atoms with Gasteiger partial charge in [-0.15, -0.1) is 0 Å². The molecule has 0 amide bonds. The molecular weight excluding hydrogens is 525 g/mol. The molecular formula is C29H25F3N4O2S. The van der Waals surface area contributed by atoms with E-state index in [0.717, 1.165) is 16.8 Å². The van der Waals surface area contributed by atoms with Gasteiger partial charge in [0.25, 0.3) is 10.0 Å². The van der Waals surface area contributed by atoms with Crippen LogP contribution in [0.25, 0.3) is 21.8 Å². The third-order valence-corrected chi connectivity index (χ3v) is 8.95. The number of piperazine rings is 1. The lowest BCUT2D eigenvalue weighted by molar-refractivity contribution is -0.137. The molecule has 0 atom stereocenters. The number of rotatable bonds is 5. The van der Waals surface area contributed by atoms with Gasteiger partial charge < -0.3 is 4.90 Å². The Morgan fingerprint density at radius 3 is 2.31 bits per heavy atom. The van der Waals surface area contributed by atoms with E-state index >= 15 is 0 Å². The number of benzene rings is 3. The van der Waals surface area contributed by atoms with Crippen LogP contribution < -0.4 is 4.90 Å². The van der Waals surface area contributed by atoms with E-state index < -0.39 is 21.8 Å². The highest BCUT2D eigenvalue weighted by molar-refractivity contribution is 7.90. The molecule has 1 aliphatic rings. The topological polar surface area (TPSA) is 58.4 Å². The molecule has 10 heteroatoms. The summed E-state index contributed by atoms with van der Waals surface area (Å²) in [5.74, 6) is 0. The number of halogens is 3. The molecule has 0 N–H and O–H groups in total. The lowest BCUT2D eigenvalue weighted by Crippen LogP contribution is -2.46. The minimum absolute atomic E-state index is 0.137. The first-order chi connectivity index (χ1) is 18.7. The van der Waals surface area contributed by atoms with Crippen LogP contribution in [0.4, 0.5) is 18.9 Å². The smallest absolute Gasteiger partial charge is 0.369 e. The summed E-state index contributed by atoms with van der Waals surface area (Å²) in [5.41, 5.74) is 1.49. The average Bonchev–Trinajstić information content (AvgIpc) is 3.31. The van der Waals surface area contributed by atoms with Crippen molar-refractivity contribution in [1.29, 1.82) is 0 Å². The predicted octanol–water partition coefficient (Wildman–Crippen LogP) is 5.77. The van der Waals surface area contributed by atoms with Gasteiger partial charge in [-0.3, -0.25) is 9.88 Å². The summed E-state index contributed by atoms with van der Waals surface area (Å²) in [5, 5.41) is 1.55.